The van der Waals surface area contributed by atoms with Crippen molar-refractivity contribution in [1.82, 2.24) is 4.98 Å². The maximum Gasteiger partial charge on any atom is 0.416 e. The van der Waals surface area contributed by atoms with E-state index in [1.807, 2.05) is 6.07 Å². The average Bonchev–Trinajstić information content (AvgIpc) is 3.44. The first-order valence-corrected chi connectivity index (χ1v) is 10.4. The Bertz CT molecular complexity index is 1010. The predicted molar refractivity (Wildman–Crippen MR) is 110 cm³/mol. The minimum absolute atomic E-state index is 0.0847. The van der Waals surface area contributed by atoms with Gasteiger partial charge >= 0.3 is 6.18 Å². The van der Waals surface area contributed by atoms with Crippen LogP contribution in [0.5, 0.6) is 0 Å². The molecule has 8 heteroatoms. The minimum Gasteiger partial charge on any atom is -0.376 e. The molecule has 2 aromatic carbocycles. The van der Waals surface area contributed by atoms with Gasteiger partial charge in [-0.1, -0.05) is 30.3 Å². The summed E-state index contributed by atoms with van der Waals surface area (Å²) in [6.07, 6.45) is -2.72. The van der Waals surface area contributed by atoms with Gasteiger partial charge in [-0.05, 0) is 37.1 Å². The molecule has 1 aliphatic rings. The number of nitrogens with zero attached hydrogens (tertiary/aromatic N) is 2. The number of hydrogen-bond donors (Lipinski definition) is 0. The molecule has 1 fully saturated rings. The molecule has 1 aliphatic heterocycles. The summed E-state index contributed by atoms with van der Waals surface area (Å²) in [6, 6.07) is 13.9. The van der Waals surface area contributed by atoms with Crippen LogP contribution < -0.4 is 4.90 Å². The summed E-state index contributed by atoms with van der Waals surface area (Å²) >= 11 is 1.23. The highest BCUT2D eigenvalue weighted by Crippen LogP contribution is 2.34. The van der Waals surface area contributed by atoms with E-state index in [4.69, 9.17) is 4.74 Å². The fourth-order valence-corrected chi connectivity index (χ4v) is 4.19. The third kappa shape index (κ3) is 4.55. The molecule has 4 rings (SSSR count). The molecule has 1 amide bonds. The van der Waals surface area contributed by atoms with Crippen LogP contribution in [-0.4, -0.2) is 30.1 Å². The average molecular weight is 432 g/mol. The zero-order chi connectivity index (χ0) is 21.1. The normalized spacial score (nSPS) is 16.6. The number of anilines is 1. The summed E-state index contributed by atoms with van der Waals surface area (Å²) < 4.78 is 44.9. The van der Waals surface area contributed by atoms with Gasteiger partial charge in [0.25, 0.3) is 5.91 Å². The number of carbonyl (C=O) groups is 1. The smallest absolute Gasteiger partial charge is 0.376 e. The highest BCUT2D eigenvalue weighted by Gasteiger charge is 2.31. The van der Waals surface area contributed by atoms with Gasteiger partial charge in [-0.15, -0.1) is 11.3 Å². The van der Waals surface area contributed by atoms with E-state index in [9.17, 15) is 18.0 Å². The summed E-state index contributed by atoms with van der Waals surface area (Å²) in [7, 11) is 0. The summed E-state index contributed by atoms with van der Waals surface area (Å²) in [5.74, 6) is -0.212. The van der Waals surface area contributed by atoms with Crippen LogP contribution in [0.3, 0.4) is 0 Å². The quantitative estimate of drug-likeness (QED) is 0.523. The Kier molecular flexibility index (Phi) is 5.87. The first-order chi connectivity index (χ1) is 14.4. The Morgan fingerprint density at radius 3 is 2.67 bits per heavy atom. The Morgan fingerprint density at radius 2 is 1.97 bits per heavy atom. The summed E-state index contributed by atoms with van der Waals surface area (Å²) in [5, 5.41) is 2.11. The van der Waals surface area contributed by atoms with Crippen molar-refractivity contribution in [2.24, 2.45) is 0 Å². The fraction of sp³-hybridized carbons (Fsp3) is 0.273. The number of aromatic nitrogens is 1. The molecule has 1 atom stereocenters. The largest absolute Gasteiger partial charge is 0.416 e. The molecule has 1 saturated heterocycles. The van der Waals surface area contributed by atoms with Crippen LogP contribution >= 0.6 is 11.3 Å². The Hall–Kier alpha value is -2.71. The number of amides is 1. The van der Waals surface area contributed by atoms with E-state index in [-0.39, 0.29) is 12.0 Å². The molecule has 0 N–H and O–H groups in total. The zero-order valence-corrected chi connectivity index (χ0v) is 16.7. The number of benzene rings is 2. The third-order valence-corrected chi connectivity index (χ3v) is 5.75. The second kappa shape index (κ2) is 8.57. The summed E-state index contributed by atoms with van der Waals surface area (Å²) in [5.41, 5.74) is 0.549. The monoisotopic (exact) mass is 432 g/mol. The van der Waals surface area contributed by atoms with Crippen LogP contribution in [-0.2, 0) is 10.9 Å². The van der Waals surface area contributed by atoms with Crippen LogP contribution in [0.1, 0.15) is 28.8 Å². The van der Waals surface area contributed by atoms with E-state index in [0.717, 1.165) is 25.0 Å². The van der Waals surface area contributed by atoms with Gasteiger partial charge in [0, 0.05) is 23.1 Å². The Morgan fingerprint density at radius 1 is 1.17 bits per heavy atom. The second-order valence-corrected chi connectivity index (χ2v) is 7.85. The standard InChI is InChI=1S/C22H19F3N2O2S/c23-22(24,25)17-9-4-8-16(12-17)19-14-30-21(26-19)27(13-18-10-5-11-29-18)20(28)15-6-2-1-3-7-15/h1-4,6-9,12,14,18H,5,10-11,13H2/t18-/m0/s1. The van der Waals surface area contributed by atoms with Crippen molar-refractivity contribution in [1.29, 1.82) is 0 Å². The lowest BCUT2D eigenvalue weighted by molar-refractivity contribution is -0.137. The molecule has 4 nitrogen and oxygen atoms in total. The molecule has 30 heavy (non-hydrogen) atoms. The number of carbonyl (C=O) groups excluding carboxylic acids is 1. The molecular formula is C22H19F3N2O2S. The number of ether oxygens (including phenoxy) is 1. The van der Waals surface area contributed by atoms with E-state index < -0.39 is 11.7 Å². The van der Waals surface area contributed by atoms with Gasteiger partial charge in [0.15, 0.2) is 5.13 Å². The lowest BCUT2D eigenvalue weighted by Crippen LogP contribution is -2.37. The topological polar surface area (TPSA) is 42.4 Å². The van der Waals surface area contributed by atoms with E-state index >= 15 is 0 Å². The van der Waals surface area contributed by atoms with Crippen LogP contribution in [0, 0.1) is 0 Å². The highest BCUT2D eigenvalue weighted by atomic mass is 32.1. The van der Waals surface area contributed by atoms with Gasteiger partial charge < -0.3 is 4.74 Å². The van der Waals surface area contributed by atoms with Gasteiger partial charge in [-0.25, -0.2) is 4.98 Å². The molecular weight excluding hydrogens is 413 g/mol. The van der Waals surface area contributed by atoms with E-state index in [2.05, 4.69) is 4.98 Å². The first-order valence-electron chi connectivity index (χ1n) is 9.53. The van der Waals surface area contributed by atoms with Crippen molar-refractivity contribution in [2.45, 2.75) is 25.1 Å². The Labute approximate surface area is 175 Å². The molecule has 0 saturated carbocycles. The number of rotatable bonds is 5. The molecule has 0 spiro atoms. The van der Waals surface area contributed by atoms with Crippen molar-refractivity contribution in [3.63, 3.8) is 0 Å². The minimum atomic E-state index is -4.43. The lowest BCUT2D eigenvalue weighted by Gasteiger charge is -2.23. The van der Waals surface area contributed by atoms with Crippen LogP contribution in [0.2, 0.25) is 0 Å². The molecule has 0 aliphatic carbocycles. The van der Waals surface area contributed by atoms with Gasteiger partial charge in [-0.3, -0.25) is 9.69 Å². The lowest BCUT2D eigenvalue weighted by atomic mass is 10.1. The van der Waals surface area contributed by atoms with E-state index in [0.29, 0.717) is 35.1 Å². The van der Waals surface area contributed by atoms with Crippen LogP contribution in [0.25, 0.3) is 11.3 Å². The number of thiazole rings is 1. The third-order valence-electron chi connectivity index (χ3n) is 4.88. The molecule has 0 unspecified atom stereocenters. The molecule has 0 radical (unpaired) electrons. The first kappa shape index (κ1) is 20.6. The van der Waals surface area contributed by atoms with Crippen molar-refractivity contribution in [2.75, 3.05) is 18.1 Å². The molecule has 1 aromatic heterocycles. The SMILES string of the molecule is O=C(c1ccccc1)N(C[C@@H]1CCCO1)c1nc(-c2cccc(C(F)(F)F)c2)cs1. The predicted octanol–water partition coefficient (Wildman–Crippen LogP) is 5.65. The van der Waals surface area contributed by atoms with Crippen molar-refractivity contribution >= 4 is 22.4 Å². The van der Waals surface area contributed by atoms with E-state index in [1.54, 1.807) is 40.6 Å². The highest BCUT2D eigenvalue weighted by molar-refractivity contribution is 7.14. The number of halogens is 3. The van der Waals surface area contributed by atoms with Crippen LogP contribution in [0.15, 0.2) is 60.0 Å². The van der Waals surface area contributed by atoms with E-state index in [1.165, 1.54) is 17.4 Å². The number of hydrogen-bond acceptors (Lipinski definition) is 4. The van der Waals surface area contributed by atoms with Crippen molar-refractivity contribution < 1.29 is 22.7 Å². The van der Waals surface area contributed by atoms with Crippen molar-refractivity contribution in [3.05, 3.63) is 71.1 Å². The Balaban J connectivity index is 1.65. The zero-order valence-electron chi connectivity index (χ0n) is 15.9. The summed E-state index contributed by atoms with van der Waals surface area (Å²) in [6.45, 7) is 1.01. The van der Waals surface area contributed by atoms with Crippen LogP contribution in [0.4, 0.5) is 18.3 Å². The molecule has 2 heterocycles. The maximum atomic E-state index is 13.2. The fourth-order valence-electron chi connectivity index (χ4n) is 3.35. The number of alkyl halides is 3. The van der Waals surface area contributed by atoms with Gasteiger partial charge in [-0.2, -0.15) is 13.2 Å². The second-order valence-electron chi connectivity index (χ2n) is 7.01. The molecule has 3 aromatic rings. The van der Waals surface area contributed by atoms with Gasteiger partial charge in [0.2, 0.25) is 0 Å². The molecule has 156 valence electrons. The summed E-state index contributed by atoms with van der Waals surface area (Å²) in [4.78, 5) is 19.2. The van der Waals surface area contributed by atoms with Gasteiger partial charge in [0.1, 0.15) is 0 Å². The van der Waals surface area contributed by atoms with Gasteiger partial charge in [0.05, 0.1) is 23.9 Å². The molecule has 0 bridgehead atoms. The maximum absolute atomic E-state index is 13.2. The van der Waals surface area contributed by atoms with Crippen molar-refractivity contribution in [3.8, 4) is 11.3 Å².